The predicted octanol–water partition coefficient (Wildman–Crippen LogP) is -1.51. The quantitative estimate of drug-likeness (QED) is 0.208. The molecule has 0 aromatic heterocycles. The molecule has 0 heterocycles. The number of aliphatic hydroxyl groups is 3. The van der Waals surface area contributed by atoms with Crippen molar-refractivity contribution in [3.8, 4) is 0 Å². The Kier molecular flexibility index (Phi) is 24.3. The molecule has 0 aliphatic rings. The summed E-state index contributed by atoms with van der Waals surface area (Å²) in [7, 11) is 0. The number of nitrogens with two attached hydrogens (primary N) is 3. The van der Waals surface area contributed by atoms with Crippen molar-refractivity contribution in [1.82, 2.24) is 0 Å². The lowest BCUT2D eigenvalue weighted by molar-refractivity contribution is -0.140. The molecule has 0 rings (SSSR count). The summed E-state index contributed by atoms with van der Waals surface area (Å²) in [6.07, 6.45) is -0.954. The molecule has 0 spiro atoms. The maximum Gasteiger partial charge on any atom is 0.320 e. The van der Waals surface area contributed by atoms with Crippen molar-refractivity contribution in [2.45, 2.75) is 65.8 Å². The van der Waals surface area contributed by atoms with Gasteiger partial charge in [0, 0.05) is 0 Å². The highest BCUT2D eigenvalue weighted by Gasteiger charge is 2.15. The first-order chi connectivity index (χ1) is 13.5. The molecule has 0 saturated heterocycles. The van der Waals surface area contributed by atoms with E-state index in [-0.39, 0.29) is 31.0 Å². The van der Waals surface area contributed by atoms with Gasteiger partial charge in [0.05, 0.1) is 13.2 Å². The van der Waals surface area contributed by atoms with Crippen LogP contribution >= 0.6 is 0 Å². The summed E-state index contributed by atoms with van der Waals surface area (Å²) in [4.78, 5) is 30.0. The van der Waals surface area contributed by atoms with E-state index in [1.165, 1.54) is 0 Å². The van der Waals surface area contributed by atoms with Gasteiger partial charge in [-0.05, 0) is 17.8 Å². The van der Waals surface area contributed by atoms with Crippen LogP contribution in [0.1, 0.15) is 41.5 Å². The lowest BCUT2D eigenvalue weighted by Crippen LogP contribution is -2.34. The Morgan fingerprint density at radius 3 is 0.767 bits per heavy atom. The van der Waals surface area contributed by atoms with Crippen molar-refractivity contribution < 1.29 is 45.0 Å². The zero-order valence-electron chi connectivity index (χ0n) is 18.6. The van der Waals surface area contributed by atoms with Crippen molar-refractivity contribution in [3.63, 3.8) is 0 Å². The molecule has 12 N–H and O–H groups in total. The molecule has 3 atom stereocenters. The van der Waals surface area contributed by atoms with Crippen LogP contribution < -0.4 is 17.2 Å². The molecule has 182 valence electrons. The molecule has 0 bridgehead atoms. The maximum absolute atomic E-state index is 10.0. The van der Waals surface area contributed by atoms with E-state index in [0.717, 1.165) is 0 Å². The molecule has 0 aromatic rings. The number of carbonyl (C=O) groups is 3. The average molecular weight is 444 g/mol. The Hall–Kier alpha value is -1.83. The smallest absolute Gasteiger partial charge is 0.320 e. The van der Waals surface area contributed by atoms with Crippen LogP contribution in [-0.4, -0.2) is 86.0 Å². The number of rotatable bonds is 8. The van der Waals surface area contributed by atoms with Crippen LogP contribution in [0, 0.1) is 17.8 Å². The van der Waals surface area contributed by atoms with E-state index in [1.807, 2.05) is 0 Å². The summed E-state index contributed by atoms with van der Waals surface area (Å²) in [6.45, 7) is 9.93. The Balaban J connectivity index is -0.000000151. The second-order valence-corrected chi connectivity index (χ2v) is 7.34. The molecule has 0 radical (unpaired) electrons. The molecule has 12 nitrogen and oxygen atoms in total. The zero-order valence-corrected chi connectivity index (χ0v) is 18.6. The lowest BCUT2D eigenvalue weighted by atomic mass is 10.1. The summed E-state index contributed by atoms with van der Waals surface area (Å²) in [5.74, 6) is -2.73. The highest BCUT2D eigenvalue weighted by atomic mass is 16.4. The van der Waals surface area contributed by atoms with Gasteiger partial charge < -0.3 is 47.8 Å². The van der Waals surface area contributed by atoms with E-state index in [1.54, 1.807) is 41.5 Å². The highest BCUT2D eigenvalue weighted by Crippen LogP contribution is 1.97. The molecule has 0 aliphatic carbocycles. The third kappa shape index (κ3) is 24.2. The molecule has 0 amide bonds. The van der Waals surface area contributed by atoms with Crippen molar-refractivity contribution in [2.24, 2.45) is 35.0 Å². The van der Waals surface area contributed by atoms with Crippen LogP contribution in [0.25, 0.3) is 0 Å². The van der Waals surface area contributed by atoms with Gasteiger partial charge in [0.1, 0.15) is 24.2 Å². The number of hydrogen-bond acceptors (Lipinski definition) is 9. The summed E-state index contributed by atoms with van der Waals surface area (Å²) < 4.78 is 0. The molecule has 0 fully saturated rings. The van der Waals surface area contributed by atoms with Crippen LogP contribution in [0.15, 0.2) is 0 Å². The van der Waals surface area contributed by atoms with Gasteiger partial charge in [0.2, 0.25) is 0 Å². The zero-order chi connectivity index (χ0) is 25.2. The van der Waals surface area contributed by atoms with Gasteiger partial charge in [-0.25, -0.2) is 0 Å². The van der Waals surface area contributed by atoms with Crippen LogP contribution in [0.5, 0.6) is 0 Å². The molecule has 12 heteroatoms. The molecule has 0 aromatic carbocycles. The topological polar surface area (TPSA) is 251 Å². The van der Waals surface area contributed by atoms with Crippen molar-refractivity contribution in [1.29, 1.82) is 0 Å². The largest absolute Gasteiger partial charge is 0.480 e. The molecule has 0 aliphatic heterocycles. The van der Waals surface area contributed by atoms with E-state index >= 15 is 0 Å². The summed E-state index contributed by atoms with van der Waals surface area (Å²) in [5, 5.41) is 48.7. The van der Waals surface area contributed by atoms with Crippen molar-refractivity contribution in [2.75, 3.05) is 13.2 Å². The minimum absolute atomic E-state index is 0.0208. The van der Waals surface area contributed by atoms with E-state index in [0.29, 0.717) is 0 Å². The van der Waals surface area contributed by atoms with Gasteiger partial charge in [-0.3, -0.25) is 14.4 Å². The van der Waals surface area contributed by atoms with Gasteiger partial charge in [-0.1, -0.05) is 41.5 Å². The number of carboxylic acids is 3. The number of aliphatic carboxylic acids is 3. The van der Waals surface area contributed by atoms with Crippen molar-refractivity contribution >= 4 is 17.9 Å². The molecular weight excluding hydrogens is 402 g/mol. The first kappa shape index (κ1) is 35.6. The Morgan fingerprint density at radius 2 is 0.767 bits per heavy atom. The summed E-state index contributed by atoms with van der Waals surface area (Å²) in [5.41, 5.74) is 15.5. The van der Waals surface area contributed by atoms with Crippen LogP contribution in [0.2, 0.25) is 0 Å². The van der Waals surface area contributed by atoms with Gasteiger partial charge in [-0.15, -0.1) is 0 Å². The van der Waals surface area contributed by atoms with Gasteiger partial charge >= 0.3 is 17.9 Å². The normalized spacial score (nSPS) is 13.2. The number of aliphatic hydroxyl groups excluding tert-OH is 3. The minimum Gasteiger partial charge on any atom is -0.480 e. The van der Waals surface area contributed by atoms with E-state index in [4.69, 9.17) is 47.8 Å². The summed E-state index contributed by atoms with van der Waals surface area (Å²) >= 11 is 0. The fourth-order valence-electron chi connectivity index (χ4n) is 0.913. The van der Waals surface area contributed by atoms with E-state index < -0.39 is 42.1 Å². The molecule has 30 heavy (non-hydrogen) atoms. The van der Waals surface area contributed by atoms with Crippen LogP contribution in [-0.2, 0) is 14.4 Å². The van der Waals surface area contributed by atoms with Gasteiger partial charge in [0.15, 0.2) is 0 Å². The second kappa shape index (κ2) is 20.4. The first-order valence-electron chi connectivity index (χ1n) is 9.32. The summed E-state index contributed by atoms with van der Waals surface area (Å²) in [6, 6.07) is -2.14. The average Bonchev–Trinajstić information content (AvgIpc) is 2.66. The van der Waals surface area contributed by atoms with Crippen LogP contribution in [0.4, 0.5) is 0 Å². The Bertz CT molecular complexity index is 399. The highest BCUT2D eigenvalue weighted by molar-refractivity contribution is 5.74. The number of carboxylic acid groups (broad SMARTS) is 3. The van der Waals surface area contributed by atoms with Crippen LogP contribution in [0.3, 0.4) is 0 Å². The fourth-order valence-corrected chi connectivity index (χ4v) is 0.913. The Morgan fingerprint density at radius 1 is 0.600 bits per heavy atom. The lowest BCUT2D eigenvalue weighted by Gasteiger charge is -2.07. The van der Waals surface area contributed by atoms with E-state index in [9.17, 15) is 14.4 Å². The SMILES string of the molecule is CC(C)[C@H](N)C(=O)O.CC(C)[C@H](N)C(=O)O.CC(C)[C@H](N)C(=O)O.OCC(O)CO. The maximum atomic E-state index is 10.0. The fraction of sp³-hybridized carbons (Fsp3) is 0.833. The predicted molar refractivity (Wildman–Crippen MR) is 112 cm³/mol. The third-order valence-electron chi connectivity index (χ3n) is 3.43. The minimum atomic E-state index is -0.954. The molecule has 0 unspecified atom stereocenters. The monoisotopic (exact) mass is 443 g/mol. The van der Waals surface area contributed by atoms with E-state index in [2.05, 4.69) is 0 Å². The standard InChI is InChI=1S/3C5H11NO2.C3H8O3/c3*1-3(2)4(6)5(7)8;4-1-3(6)2-5/h3*3-4H,6H2,1-2H3,(H,7,8);3-6H,1-2H2/t3*4-;/m000./s1. The number of hydrogen-bond donors (Lipinski definition) is 9. The molecular formula is C18H41N3O9. The van der Waals surface area contributed by atoms with Gasteiger partial charge in [-0.2, -0.15) is 0 Å². The van der Waals surface area contributed by atoms with Gasteiger partial charge in [0.25, 0.3) is 0 Å². The molecule has 0 saturated carbocycles. The Labute approximate surface area is 177 Å². The second-order valence-electron chi connectivity index (χ2n) is 7.34. The third-order valence-corrected chi connectivity index (χ3v) is 3.43. The van der Waals surface area contributed by atoms with Crippen molar-refractivity contribution in [3.05, 3.63) is 0 Å². The first-order valence-corrected chi connectivity index (χ1v) is 9.32.